The molecule has 6 nitrogen and oxygen atoms in total. The van der Waals surface area contributed by atoms with Crippen molar-refractivity contribution in [3.8, 4) is 0 Å². The molecule has 106 valence electrons. The van der Waals surface area contributed by atoms with Crippen LogP contribution in [0.2, 0.25) is 0 Å². The van der Waals surface area contributed by atoms with E-state index in [2.05, 4.69) is 30.7 Å². The lowest BCUT2D eigenvalue weighted by Crippen LogP contribution is -2.13. The van der Waals surface area contributed by atoms with E-state index in [1.807, 2.05) is 52.2 Å². The fourth-order valence-electron chi connectivity index (χ4n) is 1.67. The topological polar surface area (TPSA) is 66.0 Å². The summed E-state index contributed by atoms with van der Waals surface area (Å²) in [5.74, 6) is 1.19. The van der Waals surface area contributed by atoms with Crippen LogP contribution in [0.5, 0.6) is 0 Å². The van der Waals surface area contributed by atoms with Crippen molar-refractivity contribution in [2.24, 2.45) is 0 Å². The minimum Gasteiger partial charge on any atom is -0.378 e. The van der Waals surface area contributed by atoms with Gasteiger partial charge in [-0.3, -0.25) is 0 Å². The van der Waals surface area contributed by atoms with Crippen LogP contribution in [-0.4, -0.2) is 35.3 Å². The first-order valence-corrected chi connectivity index (χ1v) is 6.55. The summed E-state index contributed by atoms with van der Waals surface area (Å²) in [6.07, 6.45) is 1.60. The average molecular weight is 272 g/mol. The molecular weight excluding hydrogens is 252 g/mol. The van der Waals surface area contributed by atoms with Crippen LogP contribution in [0.25, 0.3) is 0 Å². The zero-order chi connectivity index (χ0) is 14.5. The maximum Gasteiger partial charge on any atom is 0.244 e. The summed E-state index contributed by atoms with van der Waals surface area (Å²) in [7, 11) is 4.03. The first-order valence-electron chi connectivity index (χ1n) is 6.55. The van der Waals surface area contributed by atoms with Crippen molar-refractivity contribution < 1.29 is 0 Å². The van der Waals surface area contributed by atoms with Gasteiger partial charge in [0, 0.05) is 31.5 Å². The van der Waals surface area contributed by atoms with Crippen LogP contribution in [-0.2, 0) is 0 Å². The lowest BCUT2D eigenvalue weighted by atomic mass is 10.2. The molecule has 20 heavy (non-hydrogen) atoms. The van der Waals surface area contributed by atoms with Crippen molar-refractivity contribution in [3.63, 3.8) is 0 Å². The number of anilines is 4. The molecule has 0 radical (unpaired) electrons. The molecular formula is C14H20N6. The number of nitrogens with zero attached hydrogens (tertiary/aromatic N) is 4. The smallest absolute Gasteiger partial charge is 0.244 e. The van der Waals surface area contributed by atoms with Crippen LogP contribution in [0.15, 0.2) is 30.5 Å². The van der Waals surface area contributed by atoms with Gasteiger partial charge in [0.25, 0.3) is 0 Å². The molecule has 0 aliphatic heterocycles. The summed E-state index contributed by atoms with van der Waals surface area (Å²) in [4.78, 5) is 6.42. The van der Waals surface area contributed by atoms with Crippen molar-refractivity contribution in [2.75, 3.05) is 29.6 Å². The molecule has 0 fully saturated rings. The van der Waals surface area contributed by atoms with Gasteiger partial charge in [0.05, 0.1) is 6.20 Å². The molecule has 6 heteroatoms. The van der Waals surface area contributed by atoms with E-state index < -0.39 is 0 Å². The minimum atomic E-state index is 0.270. The molecule has 2 rings (SSSR count). The molecule has 0 atom stereocenters. The standard InChI is InChI=1S/C14H20N6/c1-10(2)16-14-18-13(9-15-19-14)17-11-5-7-12(8-6-11)20(3)4/h5-10H,1-4H3,(H2,16,17,18,19). The van der Waals surface area contributed by atoms with Crippen LogP contribution in [0.3, 0.4) is 0 Å². The summed E-state index contributed by atoms with van der Waals surface area (Å²) >= 11 is 0. The molecule has 0 bridgehead atoms. The molecule has 0 aliphatic carbocycles. The first-order chi connectivity index (χ1) is 9.54. The fraction of sp³-hybridized carbons (Fsp3) is 0.357. The predicted octanol–water partition coefficient (Wildman–Crippen LogP) is 2.50. The number of benzene rings is 1. The zero-order valence-corrected chi connectivity index (χ0v) is 12.3. The molecule has 1 aromatic carbocycles. The van der Waals surface area contributed by atoms with Crippen LogP contribution in [0.4, 0.5) is 23.1 Å². The van der Waals surface area contributed by atoms with E-state index in [1.165, 1.54) is 0 Å². The molecule has 0 amide bonds. The number of rotatable bonds is 5. The molecule has 2 N–H and O–H groups in total. The van der Waals surface area contributed by atoms with E-state index >= 15 is 0 Å². The number of nitrogens with one attached hydrogen (secondary N) is 2. The highest BCUT2D eigenvalue weighted by Crippen LogP contribution is 2.18. The largest absolute Gasteiger partial charge is 0.378 e. The van der Waals surface area contributed by atoms with E-state index in [0.717, 1.165) is 11.4 Å². The summed E-state index contributed by atoms with van der Waals surface area (Å²) < 4.78 is 0. The normalized spacial score (nSPS) is 10.4. The zero-order valence-electron chi connectivity index (χ0n) is 12.3. The maximum atomic E-state index is 4.36. The van der Waals surface area contributed by atoms with E-state index in [9.17, 15) is 0 Å². The Hall–Kier alpha value is -2.37. The van der Waals surface area contributed by atoms with Gasteiger partial charge in [-0.25, -0.2) is 0 Å². The second-order valence-electron chi connectivity index (χ2n) is 5.03. The van der Waals surface area contributed by atoms with Gasteiger partial charge in [-0.1, -0.05) is 0 Å². The third-order valence-corrected chi connectivity index (χ3v) is 2.63. The van der Waals surface area contributed by atoms with Gasteiger partial charge in [0.2, 0.25) is 5.95 Å². The monoisotopic (exact) mass is 272 g/mol. The van der Waals surface area contributed by atoms with Gasteiger partial charge in [0.15, 0.2) is 5.82 Å². The van der Waals surface area contributed by atoms with Crippen molar-refractivity contribution in [2.45, 2.75) is 19.9 Å². The second-order valence-corrected chi connectivity index (χ2v) is 5.03. The van der Waals surface area contributed by atoms with Crippen molar-refractivity contribution >= 4 is 23.1 Å². The van der Waals surface area contributed by atoms with Crippen molar-refractivity contribution in [1.29, 1.82) is 0 Å². The molecule has 0 unspecified atom stereocenters. The fourth-order valence-corrected chi connectivity index (χ4v) is 1.67. The Bertz CT molecular complexity index is 550. The first kappa shape index (κ1) is 14.0. The number of hydrogen-bond acceptors (Lipinski definition) is 6. The summed E-state index contributed by atoms with van der Waals surface area (Å²) in [5.41, 5.74) is 2.12. The minimum absolute atomic E-state index is 0.270. The summed E-state index contributed by atoms with van der Waals surface area (Å²) in [6.45, 7) is 4.06. The molecule has 0 saturated heterocycles. The quantitative estimate of drug-likeness (QED) is 0.872. The van der Waals surface area contributed by atoms with Gasteiger partial charge in [0.1, 0.15) is 0 Å². The van der Waals surface area contributed by atoms with Gasteiger partial charge < -0.3 is 15.5 Å². The van der Waals surface area contributed by atoms with Crippen LogP contribution >= 0.6 is 0 Å². The van der Waals surface area contributed by atoms with Gasteiger partial charge in [-0.05, 0) is 38.1 Å². The van der Waals surface area contributed by atoms with Crippen molar-refractivity contribution in [1.82, 2.24) is 15.2 Å². The lowest BCUT2D eigenvalue weighted by Gasteiger charge is -2.13. The maximum absolute atomic E-state index is 4.36. The highest BCUT2D eigenvalue weighted by atomic mass is 15.3. The Morgan fingerprint density at radius 3 is 2.40 bits per heavy atom. The van der Waals surface area contributed by atoms with E-state index in [0.29, 0.717) is 11.8 Å². The van der Waals surface area contributed by atoms with Gasteiger partial charge >= 0.3 is 0 Å². The average Bonchev–Trinajstić information content (AvgIpc) is 2.39. The SMILES string of the molecule is CC(C)Nc1nncc(Nc2ccc(N(C)C)cc2)n1. The molecule has 2 aromatic rings. The van der Waals surface area contributed by atoms with Gasteiger partial charge in [-0.15, -0.1) is 5.10 Å². The summed E-state index contributed by atoms with van der Waals surface area (Å²) in [6, 6.07) is 8.38. The predicted molar refractivity (Wildman–Crippen MR) is 82.6 cm³/mol. The second kappa shape index (κ2) is 6.18. The van der Waals surface area contributed by atoms with Crippen LogP contribution < -0.4 is 15.5 Å². The van der Waals surface area contributed by atoms with Crippen LogP contribution in [0, 0.1) is 0 Å². The number of hydrogen-bond donors (Lipinski definition) is 2. The van der Waals surface area contributed by atoms with E-state index in [-0.39, 0.29) is 6.04 Å². The molecule has 0 spiro atoms. The van der Waals surface area contributed by atoms with Crippen LogP contribution in [0.1, 0.15) is 13.8 Å². The molecule has 0 aliphatic rings. The summed E-state index contributed by atoms with van der Waals surface area (Å²) in [5, 5.41) is 14.2. The number of aromatic nitrogens is 3. The Kier molecular flexibility index (Phi) is 4.34. The Morgan fingerprint density at radius 2 is 1.80 bits per heavy atom. The Labute approximate surface area is 119 Å². The lowest BCUT2D eigenvalue weighted by molar-refractivity contribution is 0.852. The van der Waals surface area contributed by atoms with E-state index in [4.69, 9.17) is 0 Å². The molecule has 0 saturated carbocycles. The Morgan fingerprint density at radius 1 is 1.10 bits per heavy atom. The molecule has 1 heterocycles. The third kappa shape index (κ3) is 3.81. The highest BCUT2D eigenvalue weighted by molar-refractivity contribution is 5.60. The highest BCUT2D eigenvalue weighted by Gasteiger charge is 2.03. The molecule has 1 aromatic heterocycles. The van der Waals surface area contributed by atoms with Gasteiger partial charge in [-0.2, -0.15) is 10.1 Å². The van der Waals surface area contributed by atoms with E-state index in [1.54, 1.807) is 6.20 Å². The third-order valence-electron chi connectivity index (χ3n) is 2.63. The van der Waals surface area contributed by atoms with Crippen molar-refractivity contribution in [3.05, 3.63) is 30.5 Å². The Balaban J connectivity index is 2.09.